The molecule has 0 spiro atoms. The fraction of sp³-hybridized carbons (Fsp3) is 0.158. The lowest BCUT2D eigenvalue weighted by molar-refractivity contribution is -0.129. The number of nitrogens with zero attached hydrogens (tertiary/aromatic N) is 2. The van der Waals surface area contributed by atoms with Crippen molar-refractivity contribution in [3.8, 4) is 0 Å². The second kappa shape index (κ2) is 6.39. The molecule has 0 N–H and O–H groups in total. The first-order valence-electron chi connectivity index (χ1n) is 7.33. The maximum atomic E-state index is 12.4. The van der Waals surface area contributed by atoms with Crippen molar-refractivity contribution >= 4 is 16.7 Å². The van der Waals surface area contributed by atoms with E-state index < -0.39 is 0 Å². The molecular weight excluding hydrogens is 272 g/mol. The summed E-state index contributed by atoms with van der Waals surface area (Å²) in [7, 11) is 1.83. The van der Waals surface area contributed by atoms with E-state index in [2.05, 4.69) is 29.2 Å². The molecule has 0 atom stereocenters. The Balaban J connectivity index is 1.69. The first-order chi connectivity index (χ1) is 10.7. The molecular formula is C19H18N2O. The van der Waals surface area contributed by atoms with E-state index in [9.17, 15) is 4.79 Å². The predicted molar refractivity (Wildman–Crippen MR) is 88.4 cm³/mol. The van der Waals surface area contributed by atoms with Gasteiger partial charge in [-0.1, -0.05) is 48.5 Å². The topological polar surface area (TPSA) is 33.2 Å². The van der Waals surface area contributed by atoms with Gasteiger partial charge in [0.05, 0.1) is 6.42 Å². The standard InChI is InChI=1S/C19H18N2O/c1-21(14-16-5-4-10-20-13-16)19(22)12-15-8-9-17-6-2-3-7-18(17)11-15/h2-11,13H,12,14H2,1H3. The Morgan fingerprint density at radius 2 is 1.82 bits per heavy atom. The monoisotopic (exact) mass is 290 g/mol. The van der Waals surface area contributed by atoms with Gasteiger partial charge in [-0.25, -0.2) is 0 Å². The predicted octanol–water partition coefficient (Wildman–Crippen LogP) is 3.44. The molecule has 1 amide bonds. The normalized spacial score (nSPS) is 10.6. The minimum atomic E-state index is 0.110. The number of aromatic nitrogens is 1. The molecule has 1 heterocycles. The fourth-order valence-electron chi connectivity index (χ4n) is 2.51. The van der Waals surface area contributed by atoms with Gasteiger partial charge >= 0.3 is 0 Å². The molecule has 0 bridgehead atoms. The molecule has 0 aliphatic heterocycles. The van der Waals surface area contributed by atoms with E-state index in [1.54, 1.807) is 17.3 Å². The van der Waals surface area contributed by atoms with Crippen LogP contribution in [0.3, 0.4) is 0 Å². The van der Waals surface area contributed by atoms with Gasteiger partial charge in [0.15, 0.2) is 0 Å². The van der Waals surface area contributed by atoms with Crippen molar-refractivity contribution in [3.63, 3.8) is 0 Å². The van der Waals surface area contributed by atoms with Crippen molar-refractivity contribution in [2.24, 2.45) is 0 Å². The maximum absolute atomic E-state index is 12.4. The molecule has 3 heteroatoms. The molecule has 1 aromatic heterocycles. The molecule has 22 heavy (non-hydrogen) atoms. The van der Waals surface area contributed by atoms with E-state index in [0.29, 0.717) is 13.0 Å². The van der Waals surface area contributed by atoms with Crippen LogP contribution in [0.5, 0.6) is 0 Å². The van der Waals surface area contributed by atoms with Crippen molar-refractivity contribution in [2.75, 3.05) is 7.05 Å². The molecule has 2 aromatic carbocycles. The molecule has 110 valence electrons. The third kappa shape index (κ3) is 3.31. The van der Waals surface area contributed by atoms with E-state index in [0.717, 1.165) is 11.1 Å². The summed E-state index contributed by atoms with van der Waals surface area (Å²) in [6.45, 7) is 0.584. The summed E-state index contributed by atoms with van der Waals surface area (Å²) in [5.74, 6) is 0.110. The summed E-state index contributed by atoms with van der Waals surface area (Å²) in [5, 5.41) is 2.37. The number of carbonyl (C=O) groups excluding carboxylic acids is 1. The van der Waals surface area contributed by atoms with Crippen LogP contribution in [0.25, 0.3) is 10.8 Å². The minimum Gasteiger partial charge on any atom is -0.341 e. The minimum absolute atomic E-state index is 0.110. The number of likely N-dealkylation sites (N-methyl/N-ethyl adjacent to an activating group) is 1. The number of amides is 1. The summed E-state index contributed by atoms with van der Waals surface area (Å²) in [5.41, 5.74) is 2.08. The Hall–Kier alpha value is -2.68. The van der Waals surface area contributed by atoms with E-state index >= 15 is 0 Å². The number of hydrogen-bond acceptors (Lipinski definition) is 2. The van der Waals surface area contributed by atoms with Crippen LogP contribution in [-0.2, 0) is 17.8 Å². The van der Waals surface area contributed by atoms with Gasteiger partial charge in [0, 0.05) is 26.0 Å². The Kier molecular flexibility index (Phi) is 4.15. The van der Waals surface area contributed by atoms with Crippen molar-refractivity contribution < 1.29 is 4.79 Å². The average molecular weight is 290 g/mol. The molecule has 0 aliphatic carbocycles. The summed E-state index contributed by atoms with van der Waals surface area (Å²) in [4.78, 5) is 18.2. The van der Waals surface area contributed by atoms with Crippen LogP contribution in [-0.4, -0.2) is 22.8 Å². The van der Waals surface area contributed by atoms with Crippen LogP contribution in [0, 0.1) is 0 Å². The summed E-state index contributed by atoms with van der Waals surface area (Å²) in [6, 6.07) is 18.2. The second-order valence-electron chi connectivity index (χ2n) is 5.47. The summed E-state index contributed by atoms with van der Waals surface area (Å²) in [6.07, 6.45) is 3.95. The number of benzene rings is 2. The second-order valence-corrected chi connectivity index (χ2v) is 5.47. The van der Waals surface area contributed by atoms with Crippen LogP contribution in [0.1, 0.15) is 11.1 Å². The fourth-order valence-corrected chi connectivity index (χ4v) is 2.51. The molecule has 0 saturated carbocycles. The zero-order valence-electron chi connectivity index (χ0n) is 12.6. The van der Waals surface area contributed by atoms with Crippen LogP contribution in [0.15, 0.2) is 67.0 Å². The molecule has 3 rings (SSSR count). The summed E-state index contributed by atoms with van der Waals surface area (Å²) < 4.78 is 0. The van der Waals surface area contributed by atoms with Gasteiger partial charge in [-0.05, 0) is 28.0 Å². The largest absolute Gasteiger partial charge is 0.341 e. The van der Waals surface area contributed by atoms with Crippen molar-refractivity contribution in [1.82, 2.24) is 9.88 Å². The van der Waals surface area contributed by atoms with Gasteiger partial charge < -0.3 is 4.90 Å². The first-order valence-corrected chi connectivity index (χ1v) is 7.33. The van der Waals surface area contributed by atoms with E-state index in [4.69, 9.17) is 0 Å². The molecule has 0 saturated heterocycles. The number of hydrogen-bond donors (Lipinski definition) is 0. The Labute approximate surface area is 130 Å². The van der Waals surface area contributed by atoms with Gasteiger partial charge in [-0.15, -0.1) is 0 Å². The molecule has 3 nitrogen and oxygen atoms in total. The molecule has 0 aliphatic rings. The third-order valence-corrected chi connectivity index (χ3v) is 3.74. The van der Waals surface area contributed by atoms with Crippen molar-refractivity contribution in [2.45, 2.75) is 13.0 Å². The van der Waals surface area contributed by atoms with Crippen molar-refractivity contribution in [1.29, 1.82) is 0 Å². The van der Waals surface area contributed by atoms with E-state index in [1.807, 2.05) is 37.4 Å². The van der Waals surface area contributed by atoms with Crippen LogP contribution >= 0.6 is 0 Å². The molecule has 0 unspecified atom stereocenters. The highest BCUT2D eigenvalue weighted by molar-refractivity contribution is 5.85. The molecule has 0 radical (unpaired) electrons. The van der Waals surface area contributed by atoms with Crippen LogP contribution in [0.4, 0.5) is 0 Å². The smallest absolute Gasteiger partial charge is 0.227 e. The Morgan fingerprint density at radius 3 is 2.59 bits per heavy atom. The lowest BCUT2D eigenvalue weighted by Crippen LogP contribution is -2.27. The van der Waals surface area contributed by atoms with Gasteiger partial charge in [-0.3, -0.25) is 9.78 Å². The molecule has 0 fully saturated rings. The number of rotatable bonds is 4. The van der Waals surface area contributed by atoms with Crippen molar-refractivity contribution in [3.05, 3.63) is 78.1 Å². The van der Waals surface area contributed by atoms with Gasteiger partial charge in [0.1, 0.15) is 0 Å². The van der Waals surface area contributed by atoms with E-state index in [-0.39, 0.29) is 5.91 Å². The SMILES string of the molecule is CN(Cc1cccnc1)C(=O)Cc1ccc2ccccc2c1. The maximum Gasteiger partial charge on any atom is 0.227 e. The lowest BCUT2D eigenvalue weighted by atomic mass is 10.0. The van der Waals surface area contributed by atoms with Crippen LogP contribution < -0.4 is 0 Å². The highest BCUT2D eigenvalue weighted by atomic mass is 16.2. The first kappa shape index (κ1) is 14.3. The number of fused-ring (bicyclic) bond motifs is 1. The zero-order valence-corrected chi connectivity index (χ0v) is 12.6. The van der Waals surface area contributed by atoms with Crippen LogP contribution in [0.2, 0.25) is 0 Å². The van der Waals surface area contributed by atoms with Gasteiger partial charge in [0.2, 0.25) is 5.91 Å². The Bertz CT molecular complexity index is 784. The quantitative estimate of drug-likeness (QED) is 0.737. The average Bonchev–Trinajstić information content (AvgIpc) is 2.55. The highest BCUT2D eigenvalue weighted by Crippen LogP contribution is 2.16. The third-order valence-electron chi connectivity index (χ3n) is 3.74. The highest BCUT2D eigenvalue weighted by Gasteiger charge is 2.10. The Morgan fingerprint density at radius 1 is 1.00 bits per heavy atom. The zero-order chi connectivity index (χ0) is 15.4. The van der Waals surface area contributed by atoms with E-state index in [1.165, 1.54) is 10.8 Å². The number of carbonyl (C=O) groups is 1. The lowest BCUT2D eigenvalue weighted by Gasteiger charge is -2.17. The molecule has 3 aromatic rings. The van der Waals surface area contributed by atoms with Gasteiger partial charge in [0.25, 0.3) is 0 Å². The van der Waals surface area contributed by atoms with Gasteiger partial charge in [-0.2, -0.15) is 0 Å². The summed E-state index contributed by atoms with van der Waals surface area (Å²) >= 11 is 0. The number of pyridine rings is 1.